The van der Waals surface area contributed by atoms with Crippen LogP contribution in [0.15, 0.2) is 39.9 Å². The van der Waals surface area contributed by atoms with E-state index in [1.807, 2.05) is 24.3 Å². The van der Waals surface area contributed by atoms with Crippen molar-refractivity contribution in [2.24, 2.45) is 0 Å². The minimum absolute atomic E-state index is 0.0913. The van der Waals surface area contributed by atoms with Crippen LogP contribution in [0.5, 0.6) is 0 Å². The highest BCUT2D eigenvalue weighted by atomic mass is 79.9. The summed E-state index contributed by atoms with van der Waals surface area (Å²) in [7, 11) is 0. The van der Waals surface area contributed by atoms with Crippen molar-refractivity contribution in [3.05, 3.63) is 56.1 Å². The van der Waals surface area contributed by atoms with E-state index in [-0.39, 0.29) is 21.1 Å². The van der Waals surface area contributed by atoms with Crippen molar-refractivity contribution >= 4 is 39.1 Å². The summed E-state index contributed by atoms with van der Waals surface area (Å²) in [5, 5.41) is 2.95. The number of para-hydroxylation sites is 1. The number of benzene rings is 1. The minimum atomic E-state index is -0.606. The lowest BCUT2D eigenvalue weighted by atomic mass is 10.1. The topological polar surface area (TPSA) is 64.0 Å². The lowest BCUT2D eigenvalue weighted by Gasteiger charge is -2.16. The molecule has 0 radical (unpaired) electrons. The van der Waals surface area contributed by atoms with Gasteiger partial charge < -0.3 is 5.32 Å². The molecule has 0 saturated heterocycles. The Labute approximate surface area is 134 Å². The van der Waals surface area contributed by atoms with Gasteiger partial charge >= 0.3 is 0 Å². The van der Waals surface area contributed by atoms with Gasteiger partial charge in [0, 0.05) is 5.69 Å². The quantitative estimate of drug-likeness (QED) is 0.787. The van der Waals surface area contributed by atoms with Crippen molar-refractivity contribution in [1.82, 2.24) is 9.55 Å². The molecule has 5 nitrogen and oxygen atoms in total. The van der Waals surface area contributed by atoms with Gasteiger partial charge in [-0.15, -0.1) is 0 Å². The fraction of sp³-hybridized carbons (Fsp3) is 0.214. The van der Waals surface area contributed by atoms with E-state index >= 15 is 0 Å². The van der Waals surface area contributed by atoms with Gasteiger partial charge in [0.15, 0.2) is 5.15 Å². The van der Waals surface area contributed by atoms with Crippen molar-refractivity contribution in [3.63, 3.8) is 0 Å². The Kier molecular flexibility index (Phi) is 3.82. The minimum Gasteiger partial charge on any atom is -0.324 e. The highest BCUT2D eigenvalue weighted by molar-refractivity contribution is 9.10. The third-order valence-electron chi connectivity index (χ3n) is 3.50. The van der Waals surface area contributed by atoms with Crippen molar-refractivity contribution in [2.75, 3.05) is 5.32 Å². The van der Waals surface area contributed by atoms with Crippen LogP contribution in [0.4, 0.5) is 5.69 Å². The number of anilines is 1. The second-order valence-corrected chi connectivity index (χ2v) is 5.91. The first kappa shape index (κ1) is 14.3. The molecule has 7 heteroatoms. The van der Waals surface area contributed by atoms with Crippen LogP contribution in [0.2, 0.25) is 5.15 Å². The molecule has 2 heterocycles. The average Bonchev–Trinajstić information content (AvgIpc) is 2.64. The van der Waals surface area contributed by atoms with E-state index < -0.39 is 6.04 Å². The van der Waals surface area contributed by atoms with Gasteiger partial charge in [-0.25, -0.2) is 4.98 Å². The molecule has 2 aromatic rings. The van der Waals surface area contributed by atoms with Crippen molar-refractivity contribution in [2.45, 2.75) is 18.9 Å². The largest absolute Gasteiger partial charge is 0.324 e. The summed E-state index contributed by atoms with van der Waals surface area (Å²) in [5.41, 5.74) is 1.49. The molecule has 1 atom stereocenters. The summed E-state index contributed by atoms with van der Waals surface area (Å²) in [5.74, 6) is -0.224. The highest BCUT2D eigenvalue weighted by Gasteiger charge is 2.26. The number of fused-ring (bicyclic) bond motifs is 1. The lowest BCUT2D eigenvalue weighted by molar-refractivity contribution is -0.119. The molecule has 0 saturated carbocycles. The Morgan fingerprint density at radius 3 is 2.90 bits per heavy atom. The first-order valence-corrected chi connectivity index (χ1v) is 7.56. The molecular weight excluding hydrogens is 358 g/mol. The zero-order valence-electron chi connectivity index (χ0n) is 10.8. The summed E-state index contributed by atoms with van der Waals surface area (Å²) < 4.78 is 1.48. The zero-order chi connectivity index (χ0) is 15.0. The van der Waals surface area contributed by atoms with Crippen LogP contribution in [-0.4, -0.2) is 15.5 Å². The van der Waals surface area contributed by atoms with Crippen LogP contribution in [0.1, 0.15) is 18.0 Å². The van der Waals surface area contributed by atoms with Gasteiger partial charge in [-0.3, -0.25) is 14.2 Å². The van der Waals surface area contributed by atoms with Gasteiger partial charge in [0.2, 0.25) is 5.91 Å². The molecule has 0 aliphatic carbocycles. The predicted molar refractivity (Wildman–Crippen MR) is 83.6 cm³/mol. The Bertz CT molecular complexity index is 775. The molecule has 0 spiro atoms. The molecule has 0 fully saturated rings. The van der Waals surface area contributed by atoms with Crippen LogP contribution in [-0.2, 0) is 11.2 Å². The highest BCUT2D eigenvalue weighted by Crippen LogP contribution is 2.26. The number of carbonyl (C=O) groups is 1. The fourth-order valence-corrected chi connectivity index (χ4v) is 2.84. The third-order valence-corrected chi connectivity index (χ3v) is 4.73. The fourth-order valence-electron chi connectivity index (χ4n) is 2.41. The molecule has 0 bridgehead atoms. The lowest BCUT2D eigenvalue weighted by Crippen LogP contribution is -2.33. The maximum absolute atomic E-state index is 12.4. The maximum atomic E-state index is 12.4. The normalized spacial score (nSPS) is 17.8. The van der Waals surface area contributed by atoms with E-state index in [1.165, 1.54) is 10.9 Å². The van der Waals surface area contributed by atoms with E-state index in [9.17, 15) is 9.59 Å². The van der Waals surface area contributed by atoms with Gasteiger partial charge in [-0.1, -0.05) is 29.8 Å². The maximum Gasteiger partial charge on any atom is 0.269 e. The van der Waals surface area contributed by atoms with Crippen LogP contribution in [0.25, 0.3) is 0 Å². The molecule has 1 aliphatic rings. The van der Waals surface area contributed by atoms with Crippen LogP contribution in [0.3, 0.4) is 0 Å². The van der Waals surface area contributed by atoms with E-state index in [0.717, 1.165) is 11.3 Å². The molecule has 108 valence electrons. The first-order chi connectivity index (χ1) is 10.1. The standard InChI is InChI=1S/C14H11BrClN3O2/c15-11-12(16)17-7-19(14(11)21)10-6-5-8-3-1-2-4-9(8)18-13(10)20/h1-4,7,10H,5-6H2,(H,18,20). The molecule has 21 heavy (non-hydrogen) atoms. The second-order valence-electron chi connectivity index (χ2n) is 4.76. The predicted octanol–water partition coefficient (Wildman–Crippen LogP) is 2.79. The number of hydrogen-bond donors (Lipinski definition) is 1. The molecule has 1 aromatic heterocycles. The number of carbonyl (C=O) groups excluding carboxylic acids is 1. The number of aryl methyl sites for hydroxylation is 1. The van der Waals surface area contributed by atoms with Gasteiger partial charge in [0.25, 0.3) is 5.56 Å². The van der Waals surface area contributed by atoms with E-state index in [2.05, 4.69) is 26.2 Å². The molecule has 1 aliphatic heterocycles. The Morgan fingerprint density at radius 1 is 1.33 bits per heavy atom. The van der Waals surface area contributed by atoms with E-state index in [4.69, 9.17) is 11.6 Å². The number of rotatable bonds is 1. The van der Waals surface area contributed by atoms with Crippen molar-refractivity contribution in [3.8, 4) is 0 Å². The number of halogens is 2. The van der Waals surface area contributed by atoms with Crippen LogP contribution in [0, 0.1) is 0 Å². The smallest absolute Gasteiger partial charge is 0.269 e. The van der Waals surface area contributed by atoms with E-state index in [1.54, 1.807) is 0 Å². The number of nitrogens with zero attached hydrogens (tertiary/aromatic N) is 2. The monoisotopic (exact) mass is 367 g/mol. The number of nitrogens with one attached hydrogen (secondary N) is 1. The second kappa shape index (κ2) is 5.61. The summed E-state index contributed by atoms with van der Waals surface area (Å²) >= 11 is 8.90. The van der Waals surface area contributed by atoms with E-state index in [0.29, 0.717) is 12.8 Å². The Morgan fingerprint density at radius 2 is 2.10 bits per heavy atom. The Balaban J connectivity index is 2.00. The zero-order valence-corrected chi connectivity index (χ0v) is 13.2. The molecule has 1 amide bonds. The third kappa shape index (κ3) is 2.61. The van der Waals surface area contributed by atoms with Crippen molar-refractivity contribution < 1.29 is 4.79 Å². The molecular formula is C14H11BrClN3O2. The Hall–Kier alpha value is -1.66. The van der Waals surface area contributed by atoms with Crippen LogP contribution >= 0.6 is 27.5 Å². The summed E-state index contributed by atoms with van der Waals surface area (Å²) in [4.78, 5) is 28.5. The van der Waals surface area contributed by atoms with Gasteiger partial charge in [0.05, 0.1) is 0 Å². The summed E-state index contributed by atoms with van der Waals surface area (Å²) in [6, 6.07) is 7.01. The van der Waals surface area contributed by atoms with Gasteiger partial charge in [0.1, 0.15) is 16.8 Å². The number of aromatic nitrogens is 2. The number of amides is 1. The average molecular weight is 369 g/mol. The number of hydrogen-bond acceptors (Lipinski definition) is 3. The summed E-state index contributed by atoms with van der Waals surface area (Å²) in [6.45, 7) is 0. The SMILES string of the molecule is O=C1Nc2ccccc2CCC1n1cnc(Cl)c(Br)c1=O. The summed E-state index contributed by atoms with van der Waals surface area (Å²) in [6.07, 6.45) is 2.54. The molecule has 3 rings (SSSR count). The van der Waals surface area contributed by atoms with Crippen LogP contribution < -0.4 is 10.9 Å². The van der Waals surface area contributed by atoms with Gasteiger partial charge in [-0.2, -0.15) is 0 Å². The molecule has 1 unspecified atom stereocenters. The molecule has 1 aromatic carbocycles. The first-order valence-electron chi connectivity index (χ1n) is 6.39. The van der Waals surface area contributed by atoms with Crippen molar-refractivity contribution in [1.29, 1.82) is 0 Å². The van der Waals surface area contributed by atoms with Gasteiger partial charge in [-0.05, 0) is 40.4 Å². The molecule has 1 N–H and O–H groups in total.